The molecule has 0 aromatic heterocycles. The molecule has 2 N–H and O–H groups in total. The summed E-state index contributed by atoms with van der Waals surface area (Å²) in [7, 11) is 0. The average molecular weight is 280 g/mol. The van der Waals surface area contributed by atoms with Crippen molar-refractivity contribution in [2.24, 2.45) is 0 Å². The van der Waals surface area contributed by atoms with Crippen molar-refractivity contribution >= 4 is 5.91 Å². The Bertz CT molecular complexity index is 564. The predicted molar refractivity (Wildman–Crippen MR) is 69.0 cm³/mol. The van der Waals surface area contributed by atoms with Gasteiger partial charge in [0.1, 0.15) is 5.82 Å². The number of hydrogen-bond donors (Lipinski definition) is 2. The number of benzene rings is 1. The zero-order valence-electron chi connectivity index (χ0n) is 11.3. The highest BCUT2D eigenvalue weighted by Gasteiger charge is 2.40. The molecule has 0 radical (unpaired) electrons. The number of amides is 1. The lowest BCUT2D eigenvalue weighted by Crippen LogP contribution is -2.58. The number of nitrogens with one attached hydrogen (secondary N) is 1. The second-order valence-corrected chi connectivity index (χ2v) is 5.68. The van der Waals surface area contributed by atoms with Gasteiger partial charge in [-0.3, -0.25) is 14.9 Å². The smallest absolute Gasteiger partial charge is 0.274 e. The lowest BCUT2D eigenvalue weighted by molar-refractivity contribution is -0.0704. The first-order chi connectivity index (χ1) is 9.53. The Hall–Kier alpha value is -1.50. The monoisotopic (exact) mass is 280 g/mol. The fourth-order valence-electron chi connectivity index (χ4n) is 3.08. The Morgan fingerprint density at radius 3 is 3.10 bits per heavy atom. The SMILES string of the molecule is C[C@]12COCCN1Cc1cc(C(=O)NO)cc(F)c1C2. The fourth-order valence-corrected chi connectivity index (χ4v) is 3.08. The number of carbonyl (C=O) groups excluding carboxylic acids is 1. The van der Waals surface area contributed by atoms with E-state index in [9.17, 15) is 9.18 Å². The van der Waals surface area contributed by atoms with Gasteiger partial charge in [-0.2, -0.15) is 0 Å². The number of carbonyl (C=O) groups is 1. The Morgan fingerprint density at radius 1 is 1.55 bits per heavy atom. The van der Waals surface area contributed by atoms with Crippen molar-refractivity contribution in [3.63, 3.8) is 0 Å². The highest BCUT2D eigenvalue weighted by molar-refractivity contribution is 5.93. The van der Waals surface area contributed by atoms with E-state index in [0.717, 1.165) is 12.1 Å². The van der Waals surface area contributed by atoms with Gasteiger partial charge in [0.05, 0.1) is 13.2 Å². The Morgan fingerprint density at radius 2 is 2.35 bits per heavy atom. The van der Waals surface area contributed by atoms with Gasteiger partial charge in [-0.15, -0.1) is 0 Å². The van der Waals surface area contributed by atoms with E-state index in [2.05, 4.69) is 11.8 Å². The van der Waals surface area contributed by atoms with Crippen LogP contribution >= 0.6 is 0 Å². The average Bonchev–Trinajstić information content (AvgIpc) is 2.44. The first kappa shape index (κ1) is 13.5. The number of hydrogen-bond acceptors (Lipinski definition) is 4. The van der Waals surface area contributed by atoms with E-state index in [0.29, 0.717) is 31.7 Å². The first-order valence-corrected chi connectivity index (χ1v) is 6.62. The molecule has 1 fully saturated rings. The van der Waals surface area contributed by atoms with Crippen LogP contribution in [-0.4, -0.2) is 41.3 Å². The van der Waals surface area contributed by atoms with Gasteiger partial charge in [-0.1, -0.05) is 0 Å². The molecule has 20 heavy (non-hydrogen) atoms. The second-order valence-electron chi connectivity index (χ2n) is 5.68. The van der Waals surface area contributed by atoms with Crippen LogP contribution in [0.3, 0.4) is 0 Å². The van der Waals surface area contributed by atoms with Crippen molar-refractivity contribution in [2.45, 2.75) is 25.4 Å². The van der Waals surface area contributed by atoms with Crippen molar-refractivity contribution in [3.8, 4) is 0 Å². The lowest BCUT2D eigenvalue weighted by atomic mass is 9.83. The summed E-state index contributed by atoms with van der Waals surface area (Å²) in [6.07, 6.45) is 0.565. The molecule has 0 aliphatic carbocycles. The Balaban J connectivity index is 2.01. The van der Waals surface area contributed by atoms with E-state index in [4.69, 9.17) is 9.94 Å². The Labute approximate surface area is 116 Å². The summed E-state index contributed by atoms with van der Waals surface area (Å²) >= 11 is 0. The minimum Gasteiger partial charge on any atom is -0.378 e. The van der Waals surface area contributed by atoms with Gasteiger partial charge in [0, 0.05) is 24.2 Å². The van der Waals surface area contributed by atoms with Gasteiger partial charge in [-0.05, 0) is 36.6 Å². The number of halogens is 1. The second kappa shape index (κ2) is 4.80. The van der Waals surface area contributed by atoms with Gasteiger partial charge in [-0.25, -0.2) is 9.87 Å². The standard InChI is InChI=1S/C14H17FN2O3/c1-14-6-11-10(7-17(14)2-3-20-8-14)4-9(5-12(11)15)13(18)16-19/h4-5,19H,2-3,6-8H2,1H3,(H,16,18)/t14-/m0/s1. The van der Waals surface area contributed by atoms with Crippen LogP contribution in [0.5, 0.6) is 0 Å². The topological polar surface area (TPSA) is 61.8 Å². The van der Waals surface area contributed by atoms with Crippen molar-refractivity contribution in [1.82, 2.24) is 10.4 Å². The number of ether oxygens (including phenoxy) is 1. The van der Waals surface area contributed by atoms with Gasteiger partial charge >= 0.3 is 0 Å². The normalized spacial score (nSPS) is 25.8. The van der Waals surface area contributed by atoms with Crippen LogP contribution in [0.15, 0.2) is 12.1 Å². The largest absolute Gasteiger partial charge is 0.378 e. The molecule has 5 nitrogen and oxygen atoms in total. The summed E-state index contributed by atoms with van der Waals surface area (Å²) in [5, 5.41) is 8.66. The summed E-state index contributed by atoms with van der Waals surface area (Å²) in [5.41, 5.74) is 2.94. The zero-order valence-corrected chi connectivity index (χ0v) is 11.3. The number of nitrogens with zero attached hydrogens (tertiary/aromatic N) is 1. The molecule has 2 heterocycles. The first-order valence-electron chi connectivity index (χ1n) is 6.62. The molecule has 1 atom stereocenters. The van der Waals surface area contributed by atoms with Crippen LogP contribution in [0, 0.1) is 5.82 Å². The summed E-state index contributed by atoms with van der Waals surface area (Å²) in [5.74, 6) is -1.09. The van der Waals surface area contributed by atoms with E-state index in [1.165, 1.54) is 11.5 Å². The highest BCUT2D eigenvalue weighted by atomic mass is 19.1. The van der Waals surface area contributed by atoms with Crippen LogP contribution in [-0.2, 0) is 17.7 Å². The van der Waals surface area contributed by atoms with Crippen LogP contribution in [0.2, 0.25) is 0 Å². The molecule has 108 valence electrons. The summed E-state index contributed by atoms with van der Waals surface area (Å²) < 4.78 is 19.8. The third kappa shape index (κ3) is 2.09. The molecule has 0 unspecified atom stereocenters. The fraction of sp³-hybridized carbons (Fsp3) is 0.500. The van der Waals surface area contributed by atoms with Crippen molar-refractivity contribution in [3.05, 3.63) is 34.6 Å². The maximum Gasteiger partial charge on any atom is 0.274 e. The molecule has 1 saturated heterocycles. The third-order valence-electron chi connectivity index (χ3n) is 4.25. The quantitative estimate of drug-likeness (QED) is 0.597. The summed E-state index contributed by atoms with van der Waals surface area (Å²) in [6.45, 7) is 4.73. The molecule has 0 bridgehead atoms. The van der Waals surface area contributed by atoms with Gasteiger partial charge in [0.2, 0.25) is 0 Å². The minimum atomic E-state index is -0.693. The van der Waals surface area contributed by atoms with E-state index in [-0.39, 0.29) is 11.1 Å². The molecule has 1 aromatic carbocycles. The molecule has 6 heteroatoms. The van der Waals surface area contributed by atoms with Gasteiger partial charge in [0.25, 0.3) is 5.91 Å². The molecule has 1 amide bonds. The van der Waals surface area contributed by atoms with Crippen LogP contribution in [0.1, 0.15) is 28.4 Å². The summed E-state index contributed by atoms with van der Waals surface area (Å²) in [4.78, 5) is 13.7. The zero-order chi connectivity index (χ0) is 14.3. The number of morpholine rings is 1. The van der Waals surface area contributed by atoms with E-state index in [1.807, 2.05) is 0 Å². The third-order valence-corrected chi connectivity index (χ3v) is 4.25. The van der Waals surface area contributed by atoms with Crippen molar-refractivity contribution < 1.29 is 19.1 Å². The number of hydroxylamine groups is 1. The minimum absolute atomic E-state index is 0.139. The van der Waals surface area contributed by atoms with Gasteiger partial charge in [0.15, 0.2) is 0 Å². The molecule has 3 rings (SSSR count). The summed E-state index contributed by atoms with van der Waals surface area (Å²) in [6, 6.07) is 2.83. The Kier molecular flexibility index (Phi) is 3.24. The molecule has 0 spiro atoms. The molecular weight excluding hydrogens is 263 g/mol. The number of fused-ring (bicyclic) bond motifs is 2. The van der Waals surface area contributed by atoms with Crippen molar-refractivity contribution in [2.75, 3.05) is 19.8 Å². The van der Waals surface area contributed by atoms with Crippen LogP contribution < -0.4 is 5.48 Å². The number of rotatable bonds is 1. The van der Waals surface area contributed by atoms with E-state index in [1.54, 1.807) is 6.07 Å². The maximum absolute atomic E-state index is 14.2. The molecule has 1 aromatic rings. The molecular formula is C14H17FN2O3. The van der Waals surface area contributed by atoms with Crippen LogP contribution in [0.25, 0.3) is 0 Å². The maximum atomic E-state index is 14.2. The van der Waals surface area contributed by atoms with Gasteiger partial charge < -0.3 is 4.74 Å². The highest BCUT2D eigenvalue weighted by Crippen LogP contribution is 2.34. The van der Waals surface area contributed by atoms with Crippen molar-refractivity contribution in [1.29, 1.82) is 0 Å². The molecule has 2 aliphatic heterocycles. The molecule has 0 saturated carbocycles. The van der Waals surface area contributed by atoms with E-state index >= 15 is 0 Å². The predicted octanol–water partition coefficient (Wildman–Crippen LogP) is 1.09. The van der Waals surface area contributed by atoms with E-state index < -0.39 is 11.7 Å². The molecule has 2 aliphatic rings. The lowest BCUT2D eigenvalue weighted by Gasteiger charge is -2.48. The van der Waals surface area contributed by atoms with Crippen LogP contribution in [0.4, 0.5) is 4.39 Å².